The molecule has 1 heterocycles. The Balaban J connectivity index is 1.75. The molecule has 0 atom stereocenters. The van der Waals surface area contributed by atoms with E-state index in [1.54, 1.807) is 36.3 Å². The molecule has 3 rings (SSSR count). The molecule has 0 bridgehead atoms. The van der Waals surface area contributed by atoms with Crippen molar-refractivity contribution in [1.82, 2.24) is 15.3 Å². The van der Waals surface area contributed by atoms with Crippen LogP contribution in [-0.4, -0.2) is 40.2 Å². The minimum absolute atomic E-state index is 0.224. The molecule has 2 N–H and O–H groups in total. The molecule has 0 radical (unpaired) electrons. The number of nitrogens with one attached hydrogen (secondary N) is 1. The lowest BCUT2D eigenvalue weighted by atomic mass is 9.85. The molecule has 0 aliphatic heterocycles. The van der Waals surface area contributed by atoms with Crippen LogP contribution < -0.4 is 10.2 Å². The predicted octanol–water partition coefficient (Wildman–Crippen LogP) is 3.98. The molecule has 1 fully saturated rings. The molecule has 1 amide bonds. The van der Waals surface area contributed by atoms with Gasteiger partial charge in [0, 0.05) is 19.3 Å². The molecular weight excluding hydrogens is 387 g/mol. The van der Waals surface area contributed by atoms with Crippen LogP contribution in [0.1, 0.15) is 42.5 Å². The van der Waals surface area contributed by atoms with Crippen molar-refractivity contribution in [2.24, 2.45) is 0 Å². The van der Waals surface area contributed by atoms with Crippen LogP contribution in [0, 0.1) is 0 Å². The Kier molecular flexibility index (Phi) is 6.19. The van der Waals surface area contributed by atoms with Gasteiger partial charge in [0.15, 0.2) is 5.82 Å². The van der Waals surface area contributed by atoms with Crippen LogP contribution in [0.3, 0.4) is 0 Å². The Morgan fingerprint density at radius 1 is 1.26 bits per heavy atom. The number of carbonyl (C=O) groups excluding carboxylic acids is 1. The first-order valence-electron chi connectivity index (χ1n) is 8.89. The lowest BCUT2D eigenvalue weighted by molar-refractivity contribution is 0.00526. The number of anilines is 2. The molecule has 0 spiro atoms. The third-order valence-electron chi connectivity index (χ3n) is 4.88. The van der Waals surface area contributed by atoms with Gasteiger partial charge in [-0.15, -0.1) is 0 Å². The summed E-state index contributed by atoms with van der Waals surface area (Å²) in [6.07, 6.45) is 7.54. The highest BCUT2D eigenvalue weighted by atomic mass is 35.5. The van der Waals surface area contributed by atoms with Gasteiger partial charge in [-0.2, -0.15) is 0 Å². The van der Waals surface area contributed by atoms with Gasteiger partial charge in [0.1, 0.15) is 5.15 Å². The van der Waals surface area contributed by atoms with Crippen molar-refractivity contribution in [2.45, 2.75) is 37.7 Å². The second-order valence-electron chi connectivity index (χ2n) is 6.89. The maximum absolute atomic E-state index is 12.6. The van der Waals surface area contributed by atoms with E-state index < -0.39 is 5.60 Å². The van der Waals surface area contributed by atoms with Crippen LogP contribution in [0.25, 0.3) is 0 Å². The number of aromatic nitrogens is 2. The Bertz CT molecular complexity index is 825. The van der Waals surface area contributed by atoms with Gasteiger partial charge < -0.3 is 15.3 Å². The van der Waals surface area contributed by atoms with Gasteiger partial charge in [-0.3, -0.25) is 9.78 Å². The number of hydrogen-bond acceptors (Lipinski definition) is 5. The average Bonchev–Trinajstić information content (AvgIpc) is 2.66. The highest BCUT2D eigenvalue weighted by Gasteiger charge is 2.29. The Hall–Kier alpha value is -1.89. The van der Waals surface area contributed by atoms with E-state index in [1.807, 2.05) is 0 Å². The van der Waals surface area contributed by atoms with Crippen LogP contribution in [0.5, 0.6) is 0 Å². The summed E-state index contributed by atoms with van der Waals surface area (Å²) in [5.41, 5.74) is 0.235. The Morgan fingerprint density at radius 2 is 2.00 bits per heavy atom. The van der Waals surface area contributed by atoms with Crippen molar-refractivity contribution >= 4 is 40.6 Å². The molecule has 8 heteroatoms. The quantitative estimate of drug-likeness (QED) is 0.781. The zero-order chi connectivity index (χ0) is 19.4. The van der Waals surface area contributed by atoms with E-state index in [4.69, 9.17) is 23.2 Å². The van der Waals surface area contributed by atoms with Crippen molar-refractivity contribution in [1.29, 1.82) is 0 Å². The fourth-order valence-corrected chi connectivity index (χ4v) is 3.60. The topological polar surface area (TPSA) is 78.4 Å². The van der Waals surface area contributed by atoms with Gasteiger partial charge in [0.25, 0.3) is 5.91 Å². The smallest absolute Gasteiger partial charge is 0.252 e. The fourth-order valence-electron chi connectivity index (χ4n) is 3.25. The summed E-state index contributed by atoms with van der Waals surface area (Å²) in [4.78, 5) is 22.6. The van der Waals surface area contributed by atoms with Crippen molar-refractivity contribution in [2.75, 3.05) is 18.5 Å². The number of benzene rings is 1. The van der Waals surface area contributed by atoms with E-state index in [9.17, 15) is 9.90 Å². The fraction of sp³-hybridized carbons (Fsp3) is 0.421. The molecular formula is C19H22Cl2N4O2. The molecule has 0 unspecified atom stereocenters. The minimum atomic E-state index is -0.828. The summed E-state index contributed by atoms with van der Waals surface area (Å²) in [6.45, 7) is 0.224. The number of carbonyl (C=O) groups is 1. The summed E-state index contributed by atoms with van der Waals surface area (Å²) in [5.74, 6) is 0.235. The average molecular weight is 409 g/mol. The Morgan fingerprint density at radius 3 is 2.70 bits per heavy atom. The van der Waals surface area contributed by atoms with Crippen molar-refractivity contribution in [3.63, 3.8) is 0 Å². The maximum atomic E-state index is 12.6. The second kappa shape index (κ2) is 8.42. The zero-order valence-corrected chi connectivity index (χ0v) is 16.6. The molecule has 6 nitrogen and oxygen atoms in total. The molecule has 1 aliphatic carbocycles. The van der Waals surface area contributed by atoms with Crippen LogP contribution in [0.4, 0.5) is 11.5 Å². The minimum Gasteiger partial charge on any atom is -0.388 e. The van der Waals surface area contributed by atoms with Gasteiger partial charge in [0.05, 0.1) is 28.6 Å². The molecule has 1 aromatic carbocycles. The molecule has 27 heavy (non-hydrogen) atoms. The molecule has 0 saturated heterocycles. The van der Waals surface area contributed by atoms with Gasteiger partial charge in [-0.05, 0) is 31.0 Å². The first-order chi connectivity index (χ1) is 12.9. The summed E-state index contributed by atoms with van der Waals surface area (Å²) < 4.78 is 0. The number of hydrogen-bond donors (Lipinski definition) is 2. The Labute approximate surface area is 168 Å². The molecule has 1 aromatic heterocycles. The lowest BCUT2D eigenvalue weighted by Crippen LogP contribution is -2.44. The number of halogens is 2. The number of nitrogens with zero attached hydrogens (tertiary/aromatic N) is 3. The summed E-state index contributed by atoms with van der Waals surface area (Å²) in [6, 6.07) is 5.14. The first-order valence-corrected chi connectivity index (χ1v) is 9.65. The van der Waals surface area contributed by atoms with E-state index in [0.717, 1.165) is 24.9 Å². The van der Waals surface area contributed by atoms with Crippen LogP contribution in [-0.2, 0) is 0 Å². The lowest BCUT2D eigenvalue weighted by Gasteiger charge is -2.32. The van der Waals surface area contributed by atoms with E-state index in [2.05, 4.69) is 15.3 Å². The van der Waals surface area contributed by atoms with Crippen molar-refractivity contribution in [3.8, 4) is 0 Å². The summed E-state index contributed by atoms with van der Waals surface area (Å²) in [7, 11) is 1.80. The summed E-state index contributed by atoms with van der Waals surface area (Å²) >= 11 is 12.1. The zero-order valence-electron chi connectivity index (χ0n) is 15.1. The monoisotopic (exact) mass is 408 g/mol. The highest BCUT2D eigenvalue weighted by Crippen LogP contribution is 2.29. The molecule has 1 saturated carbocycles. The van der Waals surface area contributed by atoms with Crippen LogP contribution >= 0.6 is 23.2 Å². The first kappa shape index (κ1) is 19.9. The van der Waals surface area contributed by atoms with Crippen molar-refractivity contribution < 1.29 is 9.90 Å². The van der Waals surface area contributed by atoms with Crippen LogP contribution in [0.2, 0.25) is 10.2 Å². The SMILES string of the molecule is CN(c1ccc(Cl)c(C(=O)NCC2(O)CCCCC2)c1)c1cncc(Cl)n1. The van der Waals surface area contributed by atoms with E-state index >= 15 is 0 Å². The standard InChI is InChI=1S/C19H22Cl2N4O2/c1-25(17-11-22-10-16(21)24-17)13-5-6-15(20)14(9-13)18(26)23-12-19(27)7-3-2-4-8-19/h5-6,9-11,27H,2-4,7-8,12H2,1H3,(H,23,26). The number of aliphatic hydroxyl groups is 1. The van der Waals surface area contributed by atoms with E-state index in [0.29, 0.717) is 29.2 Å². The van der Waals surface area contributed by atoms with Gasteiger partial charge >= 0.3 is 0 Å². The predicted molar refractivity (Wildman–Crippen MR) is 107 cm³/mol. The second-order valence-corrected chi connectivity index (χ2v) is 7.69. The summed E-state index contributed by atoms with van der Waals surface area (Å²) in [5, 5.41) is 14.0. The van der Waals surface area contributed by atoms with Crippen molar-refractivity contribution in [3.05, 3.63) is 46.3 Å². The third kappa shape index (κ3) is 4.89. The highest BCUT2D eigenvalue weighted by molar-refractivity contribution is 6.34. The largest absolute Gasteiger partial charge is 0.388 e. The normalized spacial score (nSPS) is 16.0. The number of rotatable bonds is 5. The van der Waals surface area contributed by atoms with Gasteiger partial charge in [-0.25, -0.2) is 4.98 Å². The molecule has 1 aliphatic rings. The maximum Gasteiger partial charge on any atom is 0.252 e. The molecule has 2 aromatic rings. The van der Waals surface area contributed by atoms with Gasteiger partial charge in [-0.1, -0.05) is 42.5 Å². The van der Waals surface area contributed by atoms with Crippen LogP contribution in [0.15, 0.2) is 30.6 Å². The molecule has 144 valence electrons. The van der Waals surface area contributed by atoms with E-state index in [-0.39, 0.29) is 17.6 Å². The number of amides is 1. The van der Waals surface area contributed by atoms with E-state index in [1.165, 1.54) is 6.20 Å². The van der Waals surface area contributed by atoms with Gasteiger partial charge in [0.2, 0.25) is 0 Å². The third-order valence-corrected chi connectivity index (χ3v) is 5.39.